The van der Waals surface area contributed by atoms with E-state index < -0.39 is 76.8 Å². The summed E-state index contributed by atoms with van der Waals surface area (Å²) < 4.78 is 46.5. The van der Waals surface area contributed by atoms with Crippen LogP contribution in [-0.4, -0.2) is 58.0 Å². The molecule has 2 aromatic rings. The Morgan fingerprint density at radius 1 is 1.08 bits per heavy atom. The van der Waals surface area contributed by atoms with Crippen LogP contribution in [0.1, 0.15) is 77.4 Å². The first kappa shape index (κ1) is 36.1. The number of carbonyl (C=O) groups is 2. The van der Waals surface area contributed by atoms with Crippen molar-refractivity contribution in [1.82, 2.24) is 0 Å². The molecule has 6 nitrogen and oxygen atoms in total. The third-order valence-electron chi connectivity index (χ3n) is 12.1. The van der Waals surface area contributed by atoms with Crippen molar-refractivity contribution < 1.29 is 38.1 Å². The molecule has 1 aliphatic heterocycles. The number of carbonyl (C=O) groups excluding carboxylic acids is 2. The zero-order chi connectivity index (χ0) is 34.2. The first-order chi connectivity index (χ1) is 22.8. The highest BCUT2D eigenvalue weighted by Gasteiger charge is 2.80. The second-order valence-electron chi connectivity index (χ2n) is 15.3. The molecule has 49 heavy (non-hydrogen) atoms. The number of ether oxygens (including phenoxy) is 2. The van der Waals surface area contributed by atoms with Crippen LogP contribution in [0.3, 0.4) is 0 Å². The number of allylic oxidation sites excluding steroid dienone is 4. The number of halogens is 2. The highest BCUT2D eigenvalue weighted by molar-refractivity contribution is 7.98. The van der Waals surface area contributed by atoms with Crippen LogP contribution in [0.2, 0.25) is 0 Å². The first-order valence-electron chi connectivity index (χ1n) is 17.0. The molecule has 1 heterocycles. The highest BCUT2D eigenvalue weighted by atomic mass is 32.2. The predicted molar refractivity (Wildman–Crippen MR) is 185 cm³/mol. The van der Waals surface area contributed by atoms with Crippen molar-refractivity contribution in [2.45, 2.75) is 107 Å². The molecule has 2 aromatic carbocycles. The number of hydrogen-bond acceptors (Lipinski definition) is 7. The average Bonchev–Trinajstić information content (AvgIpc) is 3.55. The van der Waals surface area contributed by atoms with E-state index in [1.54, 1.807) is 25.6 Å². The zero-order valence-electron chi connectivity index (χ0n) is 27.8. The van der Waals surface area contributed by atoms with Crippen molar-refractivity contribution in [2.24, 2.45) is 28.6 Å². The number of rotatable bonds is 8. The molecule has 1 saturated heterocycles. The molecule has 7 rings (SSSR count). The van der Waals surface area contributed by atoms with E-state index in [9.17, 15) is 19.8 Å². The summed E-state index contributed by atoms with van der Waals surface area (Å²) in [5, 5.41) is 21.9. The number of thioether (sulfide) groups is 1. The number of alkyl halides is 2. The summed E-state index contributed by atoms with van der Waals surface area (Å²) in [7, 11) is 0. The number of benzene rings is 2. The van der Waals surface area contributed by atoms with Crippen LogP contribution in [-0.2, 0) is 31.2 Å². The van der Waals surface area contributed by atoms with Crippen LogP contribution in [0, 0.1) is 28.6 Å². The molecule has 0 amide bonds. The summed E-state index contributed by atoms with van der Waals surface area (Å²) in [6.07, 6.45) is -0.266. The summed E-state index contributed by atoms with van der Waals surface area (Å²) >= 11 is 1.76. The van der Waals surface area contributed by atoms with Gasteiger partial charge in [0.2, 0.25) is 0 Å². The third kappa shape index (κ3) is 5.33. The Morgan fingerprint density at radius 3 is 2.51 bits per heavy atom. The van der Waals surface area contributed by atoms with Gasteiger partial charge in [0.15, 0.2) is 29.1 Å². The maximum Gasteiger partial charge on any atom is 0.193 e. The second kappa shape index (κ2) is 12.8. The van der Waals surface area contributed by atoms with E-state index >= 15 is 8.78 Å². The van der Waals surface area contributed by atoms with Gasteiger partial charge in [-0.15, -0.1) is 11.8 Å². The van der Waals surface area contributed by atoms with Gasteiger partial charge in [0.05, 0.1) is 12.2 Å². The van der Waals surface area contributed by atoms with Gasteiger partial charge in [-0.3, -0.25) is 9.59 Å². The van der Waals surface area contributed by atoms with Crippen molar-refractivity contribution in [3.05, 3.63) is 89.0 Å². The predicted octanol–water partition coefficient (Wildman–Crippen LogP) is 7.46. The van der Waals surface area contributed by atoms with E-state index in [-0.39, 0.29) is 32.3 Å². The average molecular weight is 695 g/mol. The minimum Gasteiger partial charge on any atom is -0.390 e. The Bertz CT molecular complexity index is 1670. The quantitative estimate of drug-likeness (QED) is 0.277. The van der Waals surface area contributed by atoms with Gasteiger partial charge >= 0.3 is 0 Å². The van der Waals surface area contributed by atoms with Gasteiger partial charge in [-0.05, 0) is 85.4 Å². The molecule has 264 valence electrons. The molecule has 4 fully saturated rings. The van der Waals surface area contributed by atoms with Crippen LogP contribution in [0.25, 0.3) is 0 Å². The fraction of sp³-hybridized carbons (Fsp3) is 0.550. The molecule has 0 radical (unpaired) electrons. The molecule has 3 saturated carbocycles. The minimum absolute atomic E-state index is 0. The normalized spacial score (nSPS) is 39.0. The lowest BCUT2D eigenvalue weighted by molar-refractivity contribution is -0.235. The van der Waals surface area contributed by atoms with Crippen molar-refractivity contribution in [2.75, 3.05) is 6.61 Å². The van der Waals surface area contributed by atoms with Crippen molar-refractivity contribution in [1.29, 1.82) is 0 Å². The summed E-state index contributed by atoms with van der Waals surface area (Å²) in [5.41, 5.74) is -3.44. The lowest BCUT2D eigenvalue weighted by Gasteiger charge is -2.63. The van der Waals surface area contributed by atoms with E-state index in [1.165, 1.54) is 22.6 Å². The van der Waals surface area contributed by atoms with E-state index in [0.29, 0.717) is 11.5 Å². The Morgan fingerprint density at radius 2 is 1.82 bits per heavy atom. The van der Waals surface area contributed by atoms with Gasteiger partial charge in [-0.2, -0.15) is 0 Å². The third-order valence-corrected chi connectivity index (χ3v) is 13.2. The number of aliphatic hydroxyl groups is 2. The molecule has 9 heteroatoms. The fourth-order valence-corrected chi connectivity index (χ4v) is 10.8. The molecule has 0 unspecified atom stereocenters. The van der Waals surface area contributed by atoms with E-state index in [2.05, 4.69) is 38.1 Å². The van der Waals surface area contributed by atoms with Crippen LogP contribution in [0.4, 0.5) is 8.78 Å². The topological polar surface area (TPSA) is 93.1 Å². The molecular formula is C40H48F2O6S. The van der Waals surface area contributed by atoms with Crippen LogP contribution in [0.5, 0.6) is 0 Å². The summed E-state index contributed by atoms with van der Waals surface area (Å²) in [6.45, 7) is 6.95. The van der Waals surface area contributed by atoms with Crippen LogP contribution in [0.15, 0.2) is 77.2 Å². The molecule has 4 aliphatic carbocycles. The first-order valence-corrected chi connectivity index (χ1v) is 18.0. The van der Waals surface area contributed by atoms with Crippen molar-refractivity contribution >= 4 is 23.3 Å². The molecule has 0 aromatic heterocycles. The Balaban J connectivity index is 0.00000417. The minimum atomic E-state index is -2.28. The Labute approximate surface area is 292 Å². The van der Waals surface area contributed by atoms with Gasteiger partial charge in [-0.25, -0.2) is 8.78 Å². The number of ketones is 2. The molecule has 0 bridgehead atoms. The number of aliphatic hydroxyl groups excluding tert-OH is 2. The van der Waals surface area contributed by atoms with Gasteiger partial charge in [0.1, 0.15) is 12.8 Å². The maximum absolute atomic E-state index is 17.6. The van der Waals surface area contributed by atoms with Gasteiger partial charge in [-0.1, -0.05) is 70.7 Å². The van der Waals surface area contributed by atoms with E-state index in [1.807, 2.05) is 24.3 Å². The second-order valence-corrected chi connectivity index (χ2v) is 16.3. The van der Waals surface area contributed by atoms with Gasteiger partial charge in [0.25, 0.3) is 0 Å². The molecule has 10 atom stereocenters. The Kier molecular flexibility index (Phi) is 9.45. The summed E-state index contributed by atoms with van der Waals surface area (Å²) in [6, 6.07) is 16.4. The lowest BCUT2D eigenvalue weighted by atomic mass is 9.44. The molecule has 2 N–H and O–H groups in total. The van der Waals surface area contributed by atoms with Crippen molar-refractivity contribution in [3.8, 4) is 0 Å². The molecule has 0 spiro atoms. The SMILES string of the molecule is C.CC(C)Cc1cccc(SCc2ccc([C@H]3O[C@@H]4C[C@H]5[C@@H]6C[C@H](F)C7=CC(=O)C=C[C@]7(C)[C@@]6(F)[C@@H](O)C[C@]5(C)[C@]4(C(=O)CO)O3)cc2)c1. The molecular weight excluding hydrogens is 646 g/mol. The lowest BCUT2D eigenvalue weighted by Crippen LogP contribution is -2.70. The Hall–Kier alpha value is -2.69. The number of Topliss-reactive ketones (excluding diaryl/α,β-unsaturated/α-hetero) is 1. The largest absolute Gasteiger partial charge is 0.390 e. The summed E-state index contributed by atoms with van der Waals surface area (Å²) in [4.78, 5) is 27.1. The smallest absolute Gasteiger partial charge is 0.193 e. The number of hydrogen-bond donors (Lipinski definition) is 2. The summed E-state index contributed by atoms with van der Waals surface area (Å²) in [5.74, 6) is -1.21. The fourth-order valence-electron chi connectivity index (χ4n) is 9.89. The number of fused-ring (bicyclic) bond motifs is 7. The van der Waals surface area contributed by atoms with Crippen LogP contribution < -0.4 is 0 Å². The highest BCUT2D eigenvalue weighted by Crippen LogP contribution is 2.72. The van der Waals surface area contributed by atoms with Crippen molar-refractivity contribution in [3.63, 3.8) is 0 Å². The maximum atomic E-state index is 17.6. The monoisotopic (exact) mass is 694 g/mol. The molecule has 5 aliphatic rings. The van der Waals surface area contributed by atoms with Crippen LogP contribution >= 0.6 is 11.8 Å². The van der Waals surface area contributed by atoms with Gasteiger partial charge < -0.3 is 19.7 Å². The van der Waals surface area contributed by atoms with Gasteiger partial charge in [0, 0.05) is 33.0 Å². The van der Waals surface area contributed by atoms with E-state index in [4.69, 9.17) is 9.47 Å². The standard InChI is InChI=1S/C39H44F2O6S.CH4/c1-22(2)14-24-6-5-7-27(15-24)48-21-23-8-10-25(11-9-23)35-46-34-18-28-29-17-31(40)30-16-26(43)12-13-36(30,3)38(29,41)32(44)19-37(28,4)39(34,47-35)33(45)20-42;/h5-13,15-16,22,28-29,31-32,34-35,42,44H,14,17-21H2,1-4H3;1H4/t28-,29-,31-,32-,34+,35-,36-,37-,38-,39+;/m0./s1. The zero-order valence-corrected chi connectivity index (χ0v) is 28.6. The van der Waals surface area contributed by atoms with E-state index in [0.717, 1.165) is 23.8 Å².